The number of carbonyl (C=O) groups excluding carboxylic acids is 1. The Bertz CT molecular complexity index is 993. The summed E-state index contributed by atoms with van der Waals surface area (Å²) < 4.78 is 7.56. The van der Waals surface area contributed by atoms with Crippen molar-refractivity contribution in [1.29, 1.82) is 0 Å². The van der Waals surface area contributed by atoms with Crippen molar-refractivity contribution < 1.29 is 9.21 Å². The van der Waals surface area contributed by atoms with Gasteiger partial charge in [-0.2, -0.15) is 0 Å². The standard InChI is InChI=1S/C17H8Br2O2/c1-8-6-11(18)14-10(16(8)20)7-12(19)17-15(14)9-4-2-3-5-13(9)21-17/h2-7H,1H2. The molecule has 0 radical (unpaired) electrons. The Balaban J connectivity index is 2.30. The Labute approximate surface area is 137 Å². The van der Waals surface area contributed by atoms with Crippen molar-refractivity contribution >= 4 is 64.1 Å². The van der Waals surface area contributed by atoms with E-state index in [1.54, 1.807) is 6.08 Å². The van der Waals surface area contributed by atoms with Crippen molar-refractivity contribution in [1.82, 2.24) is 0 Å². The van der Waals surface area contributed by atoms with Crippen LogP contribution in [-0.4, -0.2) is 5.78 Å². The maximum atomic E-state index is 12.4. The van der Waals surface area contributed by atoms with Crippen LogP contribution in [0.3, 0.4) is 0 Å². The van der Waals surface area contributed by atoms with E-state index in [-0.39, 0.29) is 5.78 Å². The van der Waals surface area contributed by atoms with Crippen LogP contribution in [0.15, 0.2) is 57.4 Å². The zero-order valence-electron chi connectivity index (χ0n) is 10.7. The number of fused-ring (bicyclic) bond motifs is 5. The maximum absolute atomic E-state index is 12.4. The van der Waals surface area contributed by atoms with Gasteiger partial charge in [-0.15, -0.1) is 0 Å². The van der Waals surface area contributed by atoms with E-state index >= 15 is 0 Å². The molecular formula is C17H8Br2O2. The Morgan fingerprint density at radius 2 is 1.90 bits per heavy atom. The first-order valence-corrected chi connectivity index (χ1v) is 7.91. The molecule has 0 saturated carbocycles. The second kappa shape index (κ2) is 4.42. The van der Waals surface area contributed by atoms with Crippen LogP contribution in [0.2, 0.25) is 0 Å². The number of para-hydroxylation sites is 1. The molecule has 0 unspecified atom stereocenters. The molecule has 0 N–H and O–H groups in total. The largest absolute Gasteiger partial charge is 0.455 e. The SMILES string of the molecule is C=C1C=C(Br)c2c(cc(Br)c3oc4ccccc4c23)C1=O. The fourth-order valence-electron chi connectivity index (χ4n) is 2.75. The van der Waals surface area contributed by atoms with Crippen molar-refractivity contribution in [2.75, 3.05) is 0 Å². The number of furan rings is 1. The number of benzene rings is 2. The van der Waals surface area contributed by atoms with E-state index in [2.05, 4.69) is 38.4 Å². The molecule has 2 nitrogen and oxygen atoms in total. The fourth-order valence-corrected chi connectivity index (χ4v) is 3.95. The second-order valence-electron chi connectivity index (χ2n) is 4.93. The third kappa shape index (κ3) is 1.72. The van der Waals surface area contributed by atoms with Crippen molar-refractivity contribution in [3.63, 3.8) is 0 Å². The topological polar surface area (TPSA) is 30.2 Å². The van der Waals surface area contributed by atoms with Gasteiger partial charge in [0, 0.05) is 32.0 Å². The Hall–Kier alpha value is -1.65. The molecule has 0 spiro atoms. The number of carbonyl (C=O) groups is 1. The van der Waals surface area contributed by atoms with Crippen LogP contribution in [-0.2, 0) is 0 Å². The summed E-state index contributed by atoms with van der Waals surface area (Å²) in [6, 6.07) is 9.63. The predicted octanol–water partition coefficient (Wildman–Crippen LogP) is 5.84. The molecule has 2 aromatic carbocycles. The van der Waals surface area contributed by atoms with Crippen molar-refractivity contribution in [3.05, 3.63) is 64.2 Å². The van der Waals surface area contributed by atoms with Gasteiger partial charge in [-0.3, -0.25) is 4.79 Å². The monoisotopic (exact) mass is 402 g/mol. The predicted molar refractivity (Wildman–Crippen MR) is 91.8 cm³/mol. The van der Waals surface area contributed by atoms with Crippen molar-refractivity contribution in [2.45, 2.75) is 0 Å². The van der Waals surface area contributed by atoms with Gasteiger partial charge in [0.2, 0.25) is 0 Å². The molecule has 0 aliphatic heterocycles. The van der Waals surface area contributed by atoms with Crippen LogP contribution in [0.4, 0.5) is 0 Å². The van der Waals surface area contributed by atoms with Crippen LogP contribution >= 0.6 is 31.9 Å². The zero-order chi connectivity index (χ0) is 14.7. The normalized spacial score (nSPS) is 14.7. The highest BCUT2D eigenvalue weighted by Crippen LogP contribution is 2.44. The minimum Gasteiger partial charge on any atom is -0.455 e. The molecule has 0 amide bonds. The molecule has 3 aromatic rings. The molecular weight excluding hydrogens is 396 g/mol. The first-order chi connectivity index (χ1) is 10.1. The first-order valence-electron chi connectivity index (χ1n) is 6.33. The molecule has 21 heavy (non-hydrogen) atoms. The highest BCUT2D eigenvalue weighted by atomic mass is 79.9. The number of hydrogen-bond acceptors (Lipinski definition) is 2. The number of rotatable bonds is 0. The number of ketones is 1. The molecule has 1 aromatic heterocycles. The zero-order valence-corrected chi connectivity index (χ0v) is 13.9. The third-order valence-electron chi connectivity index (χ3n) is 3.68. The third-order valence-corrected chi connectivity index (χ3v) is 4.89. The van der Waals surface area contributed by atoms with Gasteiger partial charge < -0.3 is 4.42 Å². The summed E-state index contributed by atoms with van der Waals surface area (Å²) >= 11 is 7.07. The molecule has 0 atom stereocenters. The first kappa shape index (κ1) is 13.0. The lowest BCUT2D eigenvalue weighted by Crippen LogP contribution is -2.09. The highest BCUT2D eigenvalue weighted by molar-refractivity contribution is 9.15. The van der Waals surface area contributed by atoms with E-state index in [1.165, 1.54) is 0 Å². The van der Waals surface area contributed by atoms with Gasteiger partial charge in [0.05, 0.1) is 4.47 Å². The number of hydrogen-bond donors (Lipinski definition) is 0. The molecule has 0 bridgehead atoms. The van der Waals surface area contributed by atoms with Gasteiger partial charge in [-0.1, -0.05) is 40.7 Å². The molecule has 0 saturated heterocycles. The fraction of sp³-hybridized carbons (Fsp3) is 0. The van der Waals surface area contributed by atoms with Crippen LogP contribution < -0.4 is 0 Å². The van der Waals surface area contributed by atoms with Crippen molar-refractivity contribution in [2.24, 2.45) is 0 Å². The van der Waals surface area contributed by atoms with Crippen LogP contribution in [0.1, 0.15) is 15.9 Å². The minimum atomic E-state index is -0.0546. The van der Waals surface area contributed by atoms with E-state index in [0.29, 0.717) is 11.1 Å². The van der Waals surface area contributed by atoms with Gasteiger partial charge in [0.15, 0.2) is 5.78 Å². The maximum Gasteiger partial charge on any atom is 0.193 e. The summed E-state index contributed by atoms with van der Waals surface area (Å²) in [5.74, 6) is -0.0546. The van der Waals surface area contributed by atoms with Crippen LogP contribution in [0.25, 0.3) is 26.4 Å². The molecule has 0 fully saturated rings. The summed E-state index contributed by atoms with van der Waals surface area (Å²) in [6.07, 6.45) is 1.76. The van der Waals surface area contributed by atoms with E-state index < -0.39 is 0 Å². The Morgan fingerprint density at radius 3 is 2.71 bits per heavy atom. The Kier molecular flexibility index (Phi) is 2.75. The summed E-state index contributed by atoms with van der Waals surface area (Å²) in [7, 11) is 0. The van der Waals surface area contributed by atoms with Gasteiger partial charge in [-0.05, 0) is 34.1 Å². The van der Waals surface area contributed by atoms with E-state index in [9.17, 15) is 4.79 Å². The molecule has 4 heteroatoms. The van der Waals surface area contributed by atoms with Crippen LogP contribution in [0.5, 0.6) is 0 Å². The summed E-state index contributed by atoms with van der Waals surface area (Å²) in [5.41, 5.74) is 3.55. The summed E-state index contributed by atoms with van der Waals surface area (Å²) in [5, 5.41) is 1.94. The lowest BCUT2D eigenvalue weighted by Gasteiger charge is -2.16. The van der Waals surface area contributed by atoms with E-state index in [0.717, 1.165) is 36.5 Å². The molecule has 4 rings (SSSR count). The van der Waals surface area contributed by atoms with E-state index in [1.807, 2.05) is 30.3 Å². The molecule has 1 aliphatic carbocycles. The molecule has 102 valence electrons. The van der Waals surface area contributed by atoms with Crippen LogP contribution in [0, 0.1) is 0 Å². The molecule has 1 aliphatic rings. The highest BCUT2D eigenvalue weighted by Gasteiger charge is 2.26. The number of Topliss-reactive ketones (excluding diaryl/α,β-unsaturated/α-hetero) is 1. The lowest BCUT2D eigenvalue weighted by molar-refractivity contribution is 0.103. The van der Waals surface area contributed by atoms with E-state index in [4.69, 9.17) is 4.42 Å². The smallest absolute Gasteiger partial charge is 0.193 e. The quantitative estimate of drug-likeness (QED) is 0.441. The number of allylic oxidation sites excluding steroid dienone is 2. The average Bonchev–Trinajstić information content (AvgIpc) is 2.85. The Morgan fingerprint density at radius 1 is 1.14 bits per heavy atom. The van der Waals surface area contributed by atoms with Gasteiger partial charge >= 0.3 is 0 Å². The van der Waals surface area contributed by atoms with Gasteiger partial charge in [0.25, 0.3) is 0 Å². The number of halogens is 2. The van der Waals surface area contributed by atoms with Gasteiger partial charge in [0.1, 0.15) is 11.2 Å². The van der Waals surface area contributed by atoms with Crippen molar-refractivity contribution in [3.8, 4) is 0 Å². The second-order valence-corrected chi connectivity index (χ2v) is 6.64. The summed E-state index contributed by atoms with van der Waals surface area (Å²) in [4.78, 5) is 12.4. The minimum absolute atomic E-state index is 0.0546. The summed E-state index contributed by atoms with van der Waals surface area (Å²) in [6.45, 7) is 3.81. The van der Waals surface area contributed by atoms with Gasteiger partial charge in [-0.25, -0.2) is 0 Å². The lowest BCUT2D eigenvalue weighted by atomic mass is 9.90. The molecule has 1 heterocycles. The average molecular weight is 404 g/mol.